The number of ether oxygens (including phenoxy) is 1. The summed E-state index contributed by atoms with van der Waals surface area (Å²) in [5.41, 5.74) is 2.14. The lowest BCUT2D eigenvalue weighted by atomic mass is 10.2. The summed E-state index contributed by atoms with van der Waals surface area (Å²) in [6, 6.07) is 10.3. The van der Waals surface area contributed by atoms with E-state index in [0.29, 0.717) is 29.5 Å². The fourth-order valence-electron chi connectivity index (χ4n) is 4.72. The molecule has 10 heteroatoms. The predicted molar refractivity (Wildman–Crippen MR) is 144 cm³/mol. The summed E-state index contributed by atoms with van der Waals surface area (Å²) in [6.07, 6.45) is 2.78. The average molecular weight is 535 g/mol. The number of anilines is 2. The third-order valence-electron chi connectivity index (χ3n) is 6.85. The Morgan fingerprint density at radius 3 is 2.39 bits per heavy atom. The highest BCUT2D eigenvalue weighted by atomic mass is 35.5. The Morgan fingerprint density at radius 1 is 1.00 bits per heavy atom. The van der Waals surface area contributed by atoms with Gasteiger partial charge in [0.15, 0.2) is 6.61 Å². The first kappa shape index (κ1) is 26.7. The van der Waals surface area contributed by atoms with E-state index in [0.717, 1.165) is 63.2 Å². The number of carbonyl (C=O) groups excluding carboxylic acids is 1. The first-order chi connectivity index (χ1) is 17.3. The quantitative estimate of drug-likeness (QED) is 0.551. The summed E-state index contributed by atoms with van der Waals surface area (Å²) >= 11 is 6.01. The van der Waals surface area contributed by atoms with Crippen molar-refractivity contribution in [1.82, 2.24) is 9.21 Å². The summed E-state index contributed by atoms with van der Waals surface area (Å²) in [6.45, 7) is 9.28. The summed E-state index contributed by atoms with van der Waals surface area (Å²) in [7, 11) is -3.63. The maximum absolute atomic E-state index is 13.3. The molecule has 2 aliphatic heterocycles. The van der Waals surface area contributed by atoms with E-state index in [1.165, 1.54) is 0 Å². The number of piperazine rings is 1. The maximum atomic E-state index is 13.3. The lowest BCUT2D eigenvalue weighted by molar-refractivity contribution is -0.118. The van der Waals surface area contributed by atoms with Crippen molar-refractivity contribution >= 4 is 38.9 Å². The molecule has 196 valence electrons. The first-order valence-electron chi connectivity index (χ1n) is 12.6. The summed E-state index contributed by atoms with van der Waals surface area (Å²) < 4.78 is 33.9. The van der Waals surface area contributed by atoms with Crippen molar-refractivity contribution in [2.75, 3.05) is 62.6 Å². The molecule has 2 heterocycles. The number of hydrogen-bond acceptors (Lipinski definition) is 6. The van der Waals surface area contributed by atoms with Crippen molar-refractivity contribution in [2.24, 2.45) is 0 Å². The van der Waals surface area contributed by atoms with Gasteiger partial charge in [-0.2, -0.15) is 4.31 Å². The Balaban J connectivity index is 1.56. The highest BCUT2D eigenvalue weighted by Crippen LogP contribution is 2.32. The fraction of sp³-hybridized carbons (Fsp3) is 0.500. The SMILES string of the molecule is CCN1CCN(c2ccc(S(=O)(=O)N3CCCCC3)cc2NC(=O)COc2ccc(Cl)cc2C)CC1. The Morgan fingerprint density at radius 2 is 1.72 bits per heavy atom. The standard InChI is InChI=1S/C26H35ClN4O4S/c1-3-29-13-15-30(16-14-29)24-9-8-22(36(33,34)31-11-5-4-6-12-31)18-23(24)28-26(32)19-35-25-10-7-21(27)17-20(25)2/h7-10,17-18H,3-6,11-16,19H2,1-2H3,(H,28,32). The normalized spacial score (nSPS) is 17.7. The minimum Gasteiger partial charge on any atom is -0.483 e. The van der Waals surface area contributed by atoms with Gasteiger partial charge in [0.05, 0.1) is 16.3 Å². The van der Waals surface area contributed by atoms with E-state index in [4.69, 9.17) is 16.3 Å². The van der Waals surface area contributed by atoms with Crippen LogP contribution in [0, 0.1) is 6.92 Å². The van der Waals surface area contributed by atoms with Gasteiger partial charge < -0.3 is 19.9 Å². The fourth-order valence-corrected chi connectivity index (χ4v) is 6.49. The second-order valence-electron chi connectivity index (χ2n) is 9.31. The van der Waals surface area contributed by atoms with E-state index in [9.17, 15) is 13.2 Å². The molecule has 0 aromatic heterocycles. The van der Waals surface area contributed by atoms with Gasteiger partial charge in [-0.05, 0) is 68.3 Å². The first-order valence-corrected chi connectivity index (χ1v) is 14.4. The summed E-state index contributed by atoms with van der Waals surface area (Å²) in [5, 5.41) is 3.52. The number of sulfonamides is 1. The molecule has 8 nitrogen and oxygen atoms in total. The molecule has 0 saturated carbocycles. The van der Waals surface area contributed by atoms with E-state index < -0.39 is 10.0 Å². The van der Waals surface area contributed by atoms with Crippen LogP contribution in [0.2, 0.25) is 5.02 Å². The Bertz CT molecular complexity index is 1180. The molecule has 2 aromatic carbocycles. The van der Waals surface area contributed by atoms with Gasteiger partial charge in [0.25, 0.3) is 5.91 Å². The van der Waals surface area contributed by atoms with Gasteiger partial charge in [-0.3, -0.25) is 4.79 Å². The van der Waals surface area contributed by atoms with Crippen LogP contribution in [0.3, 0.4) is 0 Å². The van der Waals surface area contributed by atoms with Crippen LogP contribution in [0.15, 0.2) is 41.3 Å². The highest BCUT2D eigenvalue weighted by Gasteiger charge is 2.28. The highest BCUT2D eigenvalue weighted by molar-refractivity contribution is 7.89. The summed E-state index contributed by atoms with van der Waals surface area (Å²) in [5.74, 6) is 0.220. The number of nitrogens with one attached hydrogen (secondary N) is 1. The lowest BCUT2D eigenvalue weighted by Gasteiger charge is -2.36. The molecule has 2 saturated heterocycles. The van der Waals surface area contributed by atoms with Crippen molar-refractivity contribution in [1.29, 1.82) is 0 Å². The third kappa shape index (κ3) is 6.32. The minimum absolute atomic E-state index is 0.199. The largest absolute Gasteiger partial charge is 0.483 e. The van der Waals surface area contributed by atoms with Crippen LogP contribution in [0.25, 0.3) is 0 Å². The molecule has 0 atom stereocenters. The molecule has 2 aliphatic rings. The lowest BCUT2D eigenvalue weighted by Crippen LogP contribution is -2.46. The number of halogens is 1. The maximum Gasteiger partial charge on any atom is 0.262 e. The number of rotatable bonds is 8. The number of nitrogens with zero attached hydrogens (tertiary/aromatic N) is 3. The number of amides is 1. The summed E-state index contributed by atoms with van der Waals surface area (Å²) in [4.78, 5) is 17.7. The predicted octanol–water partition coefficient (Wildman–Crippen LogP) is 3.98. The van der Waals surface area contributed by atoms with Crippen LogP contribution < -0.4 is 15.0 Å². The Labute approximate surface area is 219 Å². The number of hydrogen-bond donors (Lipinski definition) is 1. The van der Waals surface area contributed by atoms with Crippen LogP contribution in [0.1, 0.15) is 31.7 Å². The molecule has 1 amide bonds. The molecular formula is C26H35ClN4O4S. The zero-order valence-corrected chi connectivity index (χ0v) is 22.6. The second-order valence-corrected chi connectivity index (χ2v) is 11.7. The van der Waals surface area contributed by atoms with Gasteiger partial charge in [0.1, 0.15) is 5.75 Å². The van der Waals surface area contributed by atoms with Crippen molar-refractivity contribution in [3.8, 4) is 5.75 Å². The average Bonchev–Trinajstić information content (AvgIpc) is 2.89. The minimum atomic E-state index is -3.63. The molecule has 0 aliphatic carbocycles. The molecule has 2 fully saturated rings. The number of aryl methyl sites for hydroxylation is 1. The van der Waals surface area contributed by atoms with Crippen molar-refractivity contribution in [3.05, 3.63) is 47.0 Å². The molecule has 0 spiro atoms. The van der Waals surface area contributed by atoms with Crippen LogP contribution in [-0.2, 0) is 14.8 Å². The molecule has 0 unspecified atom stereocenters. The van der Waals surface area contributed by atoms with Gasteiger partial charge in [-0.15, -0.1) is 0 Å². The number of benzene rings is 2. The second kappa shape index (κ2) is 11.8. The van der Waals surface area contributed by atoms with E-state index >= 15 is 0 Å². The van der Waals surface area contributed by atoms with Gasteiger partial charge in [0, 0.05) is 44.3 Å². The molecule has 4 rings (SSSR count). The molecule has 36 heavy (non-hydrogen) atoms. The van der Waals surface area contributed by atoms with E-state index in [2.05, 4.69) is 22.0 Å². The molecule has 1 N–H and O–H groups in total. The van der Waals surface area contributed by atoms with Gasteiger partial charge in [0.2, 0.25) is 10.0 Å². The molecule has 2 aromatic rings. The molecule has 0 bridgehead atoms. The van der Waals surface area contributed by atoms with Crippen LogP contribution >= 0.6 is 11.6 Å². The van der Waals surface area contributed by atoms with Gasteiger partial charge in [-0.25, -0.2) is 8.42 Å². The molecular weight excluding hydrogens is 500 g/mol. The molecule has 0 radical (unpaired) electrons. The number of piperidine rings is 1. The Hall–Kier alpha value is -2.33. The van der Waals surface area contributed by atoms with Crippen LogP contribution in [0.5, 0.6) is 5.75 Å². The zero-order chi connectivity index (χ0) is 25.7. The van der Waals surface area contributed by atoms with E-state index in [-0.39, 0.29) is 17.4 Å². The van der Waals surface area contributed by atoms with Crippen molar-refractivity contribution < 1.29 is 17.9 Å². The van der Waals surface area contributed by atoms with Crippen LogP contribution in [-0.4, -0.2) is 76.0 Å². The van der Waals surface area contributed by atoms with Crippen LogP contribution in [0.4, 0.5) is 11.4 Å². The van der Waals surface area contributed by atoms with Gasteiger partial charge >= 0.3 is 0 Å². The smallest absolute Gasteiger partial charge is 0.262 e. The monoisotopic (exact) mass is 534 g/mol. The topological polar surface area (TPSA) is 82.2 Å². The van der Waals surface area contributed by atoms with E-state index in [1.807, 2.05) is 13.0 Å². The number of carbonyl (C=O) groups is 1. The Kier molecular flexibility index (Phi) is 8.77. The van der Waals surface area contributed by atoms with Gasteiger partial charge in [-0.1, -0.05) is 24.9 Å². The van der Waals surface area contributed by atoms with Crippen molar-refractivity contribution in [2.45, 2.75) is 38.0 Å². The number of likely N-dealkylation sites (N-methyl/N-ethyl adjacent to an activating group) is 1. The van der Waals surface area contributed by atoms with Crippen molar-refractivity contribution in [3.63, 3.8) is 0 Å². The third-order valence-corrected chi connectivity index (χ3v) is 8.98. The van der Waals surface area contributed by atoms with E-state index in [1.54, 1.807) is 34.6 Å². The zero-order valence-electron chi connectivity index (χ0n) is 21.0.